The van der Waals surface area contributed by atoms with Gasteiger partial charge in [0.05, 0.1) is 6.61 Å². The van der Waals surface area contributed by atoms with Crippen LogP contribution in [0.1, 0.15) is 37.7 Å². The molecule has 1 aliphatic rings. The van der Waals surface area contributed by atoms with Gasteiger partial charge in [-0.05, 0) is 24.5 Å². The fourth-order valence-corrected chi connectivity index (χ4v) is 3.16. The van der Waals surface area contributed by atoms with Crippen molar-refractivity contribution in [2.75, 3.05) is 26.8 Å². The van der Waals surface area contributed by atoms with Gasteiger partial charge >= 0.3 is 0 Å². The summed E-state index contributed by atoms with van der Waals surface area (Å²) in [5.74, 6) is -0.0575. The van der Waals surface area contributed by atoms with E-state index in [0.29, 0.717) is 6.61 Å². The van der Waals surface area contributed by atoms with E-state index < -0.39 is 0 Å². The average molecular weight is 265 g/mol. The molecule has 3 heteroatoms. The van der Waals surface area contributed by atoms with Gasteiger partial charge in [-0.2, -0.15) is 0 Å². The molecule has 19 heavy (non-hydrogen) atoms. The van der Waals surface area contributed by atoms with Crippen LogP contribution in [0.2, 0.25) is 0 Å². The quantitative estimate of drug-likeness (QED) is 0.797. The molecule has 1 fully saturated rings. The Bertz CT molecular complexity index is 388. The Morgan fingerprint density at radius 1 is 1.21 bits per heavy atom. The van der Waals surface area contributed by atoms with Gasteiger partial charge in [-0.1, -0.05) is 37.5 Å². The molecule has 0 radical (unpaired) electrons. The molecule has 106 valence electrons. The van der Waals surface area contributed by atoms with E-state index >= 15 is 0 Å². The van der Waals surface area contributed by atoms with E-state index in [0.717, 1.165) is 31.5 Å². The first-order valence-electron chi connectivity index (χ1n) is 7.23. The minimum Gasteiger partial charge on any atom is -0.383 e. The van der Waals surface area contributed by atoms with Crippen LogP contribution in [0, 0.1) is 5.82 Å². The molecule has 0 spiro atoms. The first-order chi connectivity index (χ1) is 9.28. The molecule has 1 aromatic rings. The van der Waals surface area contributed by atoms with Crippen molar-refractivity contribution >= 4 is 0 Å². The maximum atomic E-state index is 14.1. The summed E-state index contributed by atoms with van der Waals surface area (Å²) in [6.45, 7) is 2.37. The molecule has 2 rings (SSSR count). The van der Waals surface area contributed by atoms with Crippen LogP contribution < -0.4 is 5.32 Å². The molecule has 1 saturated carbocycles. The minimum atomic E-state index is -0.0575. The zero-order chi connectivity index (χ0) is 13.6. The van der Waals surface area contributed by atoms with Crippen molar-refractivity contribution in [1.82, 2.24) is 5.32 Å². The minimum absolute atomic E-state index is 0.0304. The molecule has 0 aromatic heterocycles. The number of methoxy groups -OCH3 is 1. The Morgan fingerprint density at radius 3 is 2.63 bits per heavy atom. The lowest BCUT2D eigenvalue weighted by atomic mass is 9.69. The Hall–Kier alpha value is -0.930. The van der Waals surface area contributed by atoms with Gasteiger partial charge in [0, 0.05) is 25.6 Å². The summed E-state index contributed by atoms with van der Waals surface area (Å²) in [6, 6.07) is 7.26. The van der Waals surface area contributed by atoms with Crippen molar-refractivity contribution in [2.24, 2.45) is 0 Å². The van der Waals surface area contributed by atoms with Crippen molar-refractivity contribution in [3.8, 4) is 0 Å². The molecule has 0 unspecified atom stereocenters. The zero-order valence-corrected chi connectivity index (χ0v) is 11.8. The summed E-state index contributed by atoms with van der Waals surface area (Å²) < 4.78 is 19.2. The third-order valence-corrected chi connectivity index (χ3v) is 4.20. The lowest BCUT2D eigenvalue weighted by Crippen LogP contribution is -2.41. The molecule has 0 atom stereocenters. The van der Waals surface area contributed by atoms with E-state index in [1.54, 1.807) is 19.2 Å². The SMILES string of the molecule is COCCNCC1(c2ccccc2F)CCCCC1. The van der Waals surface area contributed by atoms with Gasteiger partial charge in [-0.25, -0.2) is 4.39 Å². The average Bonchev–Trinajstić information content (AvgIpc) is 2.45. The van der Waals surface area contributed by atoms with Gasteiger partial charge < -0.3 is 10.1 Å². The summed E-state index contributed by atoms with van der Waals surface area (Å²) in [6.07, 6.45) is 5.82. The number of rotatable bonds is 6. The van der Waals surface area contributed by atoms with E-state index in [2.05, 4.69) is 5.32 Å². The second-order valence-electron chi connectivity index (χ2n) is 5.49. The Morgan fingerprint density at radius 2 is 1.95 bits per heavy atom. The van der Waals surface area contributed by atoms with Gasteiger partial charge in [0.25, 0.3) is 0 Å². The molecule has 1 aromatic carbocycles. The fraction of sp³-hybridized carbons (Fsp3) is 0.625. The second-order valence-corrected chi connectivity index (χ2v) is 5.49. The summed E-state index contributed by atoms with van der Waals surface area (Å²) in [5, 5.41) is 3.43. The maximum absolute atomic E-state index is 14.1. The van der Waals surface area contributed by atoms with Gasteiger partial charge in [0.15, 0.2) is 0 Å². The predicted molar refractivity (Wildman–Crippen MR) is 75.9 cm³/mol. The van der Waals surface area contributed by atoms with Crippen LogP contribution in [0.5, 0.6) is 0 Å². The van der Waals surface area contributed by atoms with Crippen molar-refractivity contribution in [3.63, 3.8) is 0 Å². The summed E-state index contributed by atoms with van der Waals surface area (Å²) in [5.41, 5.74) is 0.858. The van der Waals surface area contributed by atoms with Crippen molar-refractivity contribution < 1.29 is 9.13 Å². The van der Waals surface area contributed by atoms with Crippen molar-refractivity contribution in [1.29, 1.82) is 0 Å². The van der Waals surface area contributed by atoms with E-state index in [1.165, 1.54) is 19.3 Å². The smallest absolute Gasteiger partial charge is 0.127 e. The number of ether oxygens (including phenoxy) is 1. The standard InChI is InChI=1S/C16H24FNO/c1-19-12-11-18-13-16(9-5-2-6-10-16)14-7-3-4-8-15(14)17/h3-4,7-8,18H,2,5-6,9-13H2,1H3. The summed E-state index contributed by atoms with van der Waals surface area (Å²) in [4.78, 5) is 0. The van der Waals surface area contributed by atoms with Gasteiger partial charge in [0.1, 0.15) is 5.82 Å². The van der Waals surface area contributed by atoms with Crippen molar-refractivity contribution in [2.45, 2.75) is 37.5 Å². The van der Waals surface area contributed by atoms with Crippen LogP contribution >= 0.6 is 0 Å². The van der Waals surface area contributed by atoms with Crippen LogP contribution in [0.3, 0.4) is 0 Å². The van der Waals surface area contributed by atoms with Crippen LogP contribution in [0.4, 0.5) is 4.39 Å². The number of hydrogen-bond acceptors (Lipinski definition) is 2. The van der Waals surface area contributed by atoms with Crippen LogP contribution in [-0.2, 0) is 10.2 Å². The summed E-state index contributed by atoms with van der Waals surface area (Å²) in [7, 11) is 1.70. The van der Waals surface area contributed by atoms with Gasteiger partial charge in [0.2, 0.25) is 0 Å². The number of benzene rings is 1. The molecule has 1 aliphatic carbocycles. The molecule has 1 N–H and O–H groups in total. The summed E-state index contributed by atoms with van der Waals surface area (Å²) >= 11 is 0. The lowest BCUT2D eigenvalue weighted by Gasteiger charge is -2.38. The number of halogens is 1. The fourth-order valence-electron chi connectivity index (χ4n) is 3.16. The van der Waals surface area contributed by atoms with E-state index in [-0.39, 0.29) is 11.2 Å². The third-order valence-electron chi connectivity index (χ3n) is 4.20. The molecule has 0 aliphatic heterocycles. The highest BCUT2D eigenvalue weighted by atomic mass is 19.1. The highest BCUT2D eigenvalue weighted by Crippen LogP contribution is 2.40. The Kier molecular flexibility index (Phi) is 5.34. The molecule has 0 heterocycles. The second kappa shape index (κ2) is 7.01. The lowest BCUT2D eigenvalue weighted by molar-refractivity contribution is 0.191. The zero-order valence-electron chi connectivity index (χ0n) is 11.8. The number of hydrogen-bond donors (Lipinski definition) is 1. The monoisotopic (exact) mass is 265 g/mol. The molecule has 2 nitrogen and oxygen atoms in total. The van der Waals surface area contributed by atoms with E-state index in [9.17, 15) is 4.39 Å². The maximum Gasteiger partial charge on any atom is 0.127 e. The third kappa shape index (κ3) is 3.54. The molecule has 0 saturated heterocycles. The van der Waals surface area contributed by atoms with E-state index in [1.807, 2.05) is 12.1 Å². The Balaban J connectivity index is 2.12. The highest BCUT2D eigenvalue weighted by Gasteiger charge is 2.35. The van der Waals surface area contributed by atoms with Crippen LogP contribution in [0.15, 0.2) is 24.3 Å². The van der Waals surface area contributed by atoms with Gasteiger partial charge in [-0.3, -0.25) is 0 Å². The Labute approximate surface area is 115 Å². The first-order valence-corrected chi connectivity index (χ1v) is 7.23. The van der Waals surface area contributed by atoms with Crippen LogP contribution in [0.25, 0.3) is 0 Å². The van der Waals surface area contributed by atoms with Crippen LogP contribution in [-0.4, -0.2) is 26.8 Å². The largest absolute Gasteiger partial charge is 0.383 e. The van der Waals surface area contributed by atoms with Gasteiger partial charge in [-0.15, -0.1) is 0 Å². The highest BCUT2D eigenvalue weighted by molar-refractivity contribution is 5.28. The normalized spacial score (nSPS) is 18.4. The topological polar surface area (TPSA) is 21.3 Å². The predicted octanol–water partition coefficient (Wildman–Crippen LogP) is 3.26. The molecular weight excluding hydrogens is 241 g/mol. The van der Waals surface area contributed by atoms with E-state index in [4.69, 9.17) is 4.74 Å². The van der Waals surface area contributed by atoms with Crippen molar-refractivity contribution in [3.05, 3.63) is 35.6 Å². The molecular formula is C16H24FNO. The molecule has 0 bridgehead atoms. The number of nitrogens with one attached hydrogen (secondary N) is 1. The molecule has 0 amide bonds. The first kappa shape index (κ1) is 14.5.